The van der Waals surface area contributed by atoms with E-state index in [0.717, 1.165) is 19.4 Å². The number of hydrogen-bond acceptors (Lipinski definition) is 2. The summed E-state index contributed by atoms with van der Waals surface area (Å²) in [7, 11) is 5.70. The molecule has 4 nitrogen and oxygen atoms in total. The quantitative estimate of drug-likeness (QED) is 0.663. The molecule has 4 heteroatoms. The molecule has 0 bridgehead atoms. The minimum absolute atomic E-state index is 0.0920. The molecule has 0 aliphatic carbocycles. The Hall–Kier alpha value is -0.770. The van der Waals surface area contributed by atoms with Gasteiger partial charge in [0.2, 0.25) is 0 Å². The molecule has 0 saturated carbocycles. The van der Waals surface area contributed by atoms with Crippen LogP contribution in [-0.2, 0) is 0 Å². The van der Waals surface area contributed by atoms with Crippen LogP contribution < -0.4 is 10.6 Å². The maximum atomic E-state index is 11.0. The van der Waals surface area contributed by atoms with Crippen molar-refractivity contribution in [3.8, 4) is 0 Å². The highest BCUT2D eigenvalue weighted by molar-refractivity contribution is 5.73. The Morgan fingerprint density at radius 3 is 2.46 bits per heavy atom. The summed E-state index contributed by atoms with van der Waals surface area (Å²) in [6.45, 7) is 3.08. The van der Waals surface area contributed by atoms with Gasteiger partial charge >= 0.3 is 6.03 Å². The van der Waals surface area contributed by atoms with Crippen LogP contribution in [0.3, 0.4) is 0 Å². The van der Waals surface area contributed by atoms with Gasteiger partial charge in [0.25, 0.3) is 0 Å². The van der Waals surface area contributed by atoms with E-state index >= 15 is 0 Å². The lowest BCUT2D eigenvalue weighted by atomic mass is 10.1. The van der Waals surface area contributed by atoms with Crippen LogP contribution in [0, 0.1) is 0 Å². The second-order valence-electron chi connectivity index (χ2n) is 3.42. The molecule has 0 aromatic rings. The second-order valence-corrected chi connectivity index (χ2v) is 3.42. The maximum absolute atomic E-state index is 11.0. The van der Waals surface area contributed by atoms with E-state index in [1.807, 2.05) is 14.1 Å². The van der Waals surface area contributed by atoms with E-state index in [-0.39, 0.29) is 12.1 Å². The van der Waals surface area contributed by atoms with Crippen LogP contribution in [0.4, 0.5) is 4.79 Å². The number of nitrogens with zero attached hydrogens (tertiary/aromatic N) is 1. The highest BCUT2D eigenvalue weighted by Gasteiger charge is 2.08. The molecule has 1 atom stereocenters. The number of carbonyl (C=O) groups excluding carboxylic acids is 1. The number of rotatable bonds is 5. The van der Waals surface area contributed by atoms with Gasteiger partial charge < -0.3 is 15.5 Å². The molecule has 0 rings (SSSR count). The third-order valence-electron chi connectivity index (χ3n) is 1.98. The fourth-order valence-electron chi connectivity index (χ4n) is 1.05. The van der Waals surface area contributed by atoms with Crippen molar-refractivity contribution in [2.45, 2.75) is 25.8 Å². The number of hydrogen-bond donors (Lipinski definition) is 2. The summed E-state index contributed by atoms with van der Waals surface area (Å²) < 4.78 is 0. The summed E-state index contributed by atoms with van der Waals surface area (Å²) >= 11 is 0. The zero-order valence-corrected chi connectivity index (χ0v) is 9.05. The van der Waals surface area contributed by atoms with Gasteiger partial charge in [0.05, 0.1) is 0 Å². The Kier molecular flexibility index (Phi) is 6.32. The number of carbonyl (C=O) groups is 1. The second kappa shape index (κ2) is 6.71. The first-order valence-electron chi connectivity index (χ1n) is 4.73. The number of nitrogens with one attached hydrogen (secondary N) is 2. The van der Waals surface area contributed by atoms with Crippen molar-refractivity contribution in [1.82, 2.24) is 15.5 Å². The third kappa shape index (κ3) is 6.40. The summed E-state index contributed by atoms with van der Waals surface area (Å²) in [6.07, 6.45) is 1.97. The van der Waals surface area contributed by atoms with E-state index in [2.05, 4.69) is 22.5 Å². The number of urea groups is 1. The fourth-order valence-corrected chi connectivity index (χ4v) is 1.05. The van der Waals surface area contributed by atoms with Gasteiger partial charge in [-0.2, -0.15) is 0 Å². The highest BCUT2D eigenvalue weighted by atomic mass is 16.2. The van der Waals surface area contributed by atoms with E-state index in [0.29, 0.717) is 0 Å². The fraction of sp³-hybridized carbons (Fsp3) is 0.889. The van der Waals surface area contributed by atoms with Crippen molar-refractivity contribution in [2.24, 2.45) is 0 Å². The molecule has 0 fully saturated rings. The van der Waals surface area contributed by atoms with Gasteiger partial charge in [-0.25, -0.2) is 4.79 Å². The third-order valence-corrected chi connectivity index (χ3v) is 1.98. The van der Waals surface area contributed by atoms with Gasteiger partial charge in [-0.1, -0.05) is 6.92 Å². The van der Waals surface area contributed by atoms with E-state index in [9.17, 15) is 4.79 Å². The molecule has 0 radical (unpaired) electrons. The summed E-state index contributed by atoms with van der Waals surface area (Å²) in [4.78, 5) is 13.1. The predicted octanol–water partition coefficient (Wildman–Crippen LogP) is 0.646. The van der Waals surface area contributed by atoms with Crippen LogP contribution in [0.5, 0.6) is 0 Å². The van der Waals surface area contributed by atoms with Gasteiger partial charge in [-0.15, -0.1) is 0 Å². The molecule has 78 valence electrons. The number of amides is 2. The van der Waals surface area contributed by atoms with E-state index < -0.39 is 0 Å². The molecule has 2 N–H and O–H groups in total. The van der Waals surface area contributed by atoms with Gasteiger partial charge in [0.15, 0.2) is 0 Å². The Morgan fingerprint density at radius 1 is 1.46 bits per heavy atom. The van der Waals surface area contributed by atoms with E-state index in [1.54, 1.807) is 7.05 Å². The topological polar surface area (TPSA) is 44.4 Å². The maximum Gasteiger partial charge on any atom is 0.314 e. The Labute approximate surface area is 80.7 Å². The SMILES string of the molecule is CCC(CCN(C)C)NC(=O)NC. The lowest BCUT2D eigenvalue weighted by molar-refractivity contribution is 0.236. The van der Waals surface area contributed by atoms with E-state index in [4.69, 9.17) is 0 Å². The summed E-state index contributed by atoms with van der Waals surface area (Å²) in [6, 6.07) is 0.188. The van der Waals surface area contributed by atoms with Crippen LogP contribution in [0.2, 0.25) is 0 Å². The summed E-state index contributed by atoms with van der Waals surface area (Å²) in [5.41, 5.74) is 0. The molecule has 13 heavy (non-hydrogen) atoms. The van der Waals surface area contributed by atoms with Gasteiger partial charge in [-0.3, -0.25) is 0 Å². The molecule has 0 heterocycles. The van der Waals surface area contributed by atoms with Crippen molar-refractivity contribution >= 4 is 6.03 Å². The molecule has 0 aliphatic heterocycles. The van der Waals surface area contributed by atoms with Crippen molar-refractivity contribution in [2.75, 3.05) is 27.7 Å². The lowest BCUT2D eigenvalue weighted by Gasteiger charge is -2.18. The zero-order chi connectivity index (χ0) is 10.3. The molecule has 1 unspecified atom stereocenters. The minimum Gasteiger partial charge on any atom is -0.341 e. The lowest BCUT2D eigenvalue weighted by Crippen LogP contribution is -2.41. The van der Waals surface area contributed by atoms with Crippen molar-refractivity contribution in [3.63, 3.8) is 0 Å². The Bertz CT molecular complexity index is 148. The van der Waals surface area contributed by atoms with Crippen molar-refractivity contribution in [1.29, 1.82) is 0 Å². The summed E-state index contributed by atoms with van der Waals surface area (Å²) in [5.74, 6) is 0. The smallest absolute Gasteiger partial charge is 0.314 e. The molecule has 0 aromatic carbocycles. The highest BCUT2D eigenvalue weighted by Crippen LogP contribution is 1.97. The van der Waals surface area contributed by atoms with Gasteiger partial charge in [-0.05, 0) is 33.5 Å². The Morgan fingerprint density at radius 2 is 2.08 bits per heavy atom. The summed E-state index contributed by atoms with van der Waals surface area (Å²) in [5, 5.41) is 5.45. The van der Waals surface area contributed by atoms with Crippen molar-refractivity contribution < 1.29 is 4.79 Å². The van der Waals surface area contributed by atoms with Crippen LogP contribution in [0.1, 0.15) is 19.8 Å². The standard InChI is InChI=1S/C9H21N3O/c1-5-8(6-7-12(3)4)11-9(13)10-2/h8H,5-7H2,1-4H3,(H2,10,11,13). The first-order chi connectivity index (χ1) is 6.10. The molecule has 0 spiro atoms. The monoisotopic (exact) mass is 187 g/mol. The minimum atomic E-state index is -0.0920. The molecule has 0 saturated heterocycles. The largest absolute Gasteiger partial charge is 0.341 e. The van der Waals surface area contributed by atoms with Crippen LogP contribution in [0.25, 0.3) is 0 Å². The zero-order valence-electron chi connectivity index (χ0n) is 9.05. The normalized spacial score (nSPS) is 12.7. The van der Waals surface area contributed by atoms with Gasteiger partial charge in [0, 0.05) is 13.1 Å². The molecular weight excluding hydrogens is 166 g/mol. The predicted molar refractivity (Wildman–Crippen MR) is 54.8 cm³/mol. The van der Waals surface area contributed by atoms with Crippen LogP contribution in [0.15, 0.2) is 0 Å². The molecular formula is C9H21N3O. The van der Waals surface area contributed by atoms with Crippen LogP contribution in [-0.4, -0.2) is 44.7 Å². The first kappa shape index (κ1) is 12.2. The van der Waals surface area contributed by atoms with Crippen LogP contribution >= 0.6 is 0 Å². The van der Waals surface area contributed by atoms with Gasteiger partial charge in [0.1, 0.15) is 0 Å². The average molecular weight is 187 g/mol. The van der Waals surface area contributed by atoms with E-state index in [1.165, 1.54) is 0 Å². The molecule has 2 amide bonds. The average Bonchev–Trinajstić information content (AvgIpc) is 2.11. The molecule has 0 aromatic heterocycles. The van der Waals surface area contributed by atoms with Crippen molar-refractivity contribution in [3.05, 3.63) is 0 Å². The molecule has 0 aliphatic rings. The first-order valence-corrected chi connectivity index (χ1v) is 4.73. The Balaban J connectivity index is 3.69.